The summed E-state index contributed by atoms with van der Waals surface area (Å²) < 4.78 is 11.0. The highest BCUT2D eigenvalue weighted by atomic mass is 32.2. The number of thiocarbonyl (C=S) groups is 1. The zero-order chi connectivity index (χ0) is 18.9. The van der Waals surface area contributed by atoms with Crippen molar-refractivity contribution >= 4 is 46.3 Å². The van der Waals surface area contributed by atoms with Crippen LogP contribution in [0.5, 0.6) is 5.75 Å². The highest BCUT2D eigenvalue weighted by Gasteiger charge is 2.31. The van der Waals surface area contributed by atoms with E-state index < -0.39 is 0 Å². The smallest absolute Gasteiger partial charge is 0.305 e. The number of ether oxygens (including phenoxy) is 2. The maximum Gasteiger partial charge on any atom is 0.305 e. The Balaban J connectivity index is 1.94. The van der Waals surface area contributed by atoms with E-state index in [-0.39, 0.29) is 18.3 Å². The molecule has 7 heteroatoms. The second-order valence-electron chi connectivity index (χ2n) is 5.66. The molecular formula is C19H23NO4S2. The summed E-state index contributed by atoms with van der Waals surface area (Å²) in [4.78, 5) is 26.1. The first kappa shape index (κ1) is 20.5. The number of carbonyl (C=O) groups is 2. The maximum atomic E-state index is 12.5. The van der Waals surface area contributed by atoms with E-state index in [1.807, 2.05) is 30.3 Å². The number of thioether (sulfide) groups is 1. The largest absolute Gasteiger partial charge is 0.494 e. The van der Waals surface area contributed by atoms with Crippen LogP contribution in [0.25, 0.3) is 6.08 Å². The van der Waals surface area contributed by atoms with E-state index in [0.717, 1.165) is 17.7 Å². The standard InChI is InChI=1S/C19H23NO4S2/c1-3-12-24-15-9-7-14(8-10-15)13-16-18(22)20(19(25)26-16)11-5-6-17(21)23-4-2/h7-10,13H,3-6,11-12H2,1-2H3/b16-13-. The molecule has 0 aromatic heterocycles. The third kappa shape index (κ3) is 5.85. The van der Waals surface area contributed by atoms with Gasteiger partial charge in [0.2, 0.25) is 0 Å². The van der Waals surface area contributed by atoms with Crippen LogP contribution < -0.4 is 4.74 Å². The summed E-state index contributed by atoms with van der Waals surface area (Å²) in [6.45, 7) is 5.30. The Labute approximate surface area is 163 Å². The predicted octanol–water partition coefficient (Wildman–Crippen LogP) is 4.02. The van der Waals surface area contributed by atoms with E-state index in [1.54, 1.807) is 11.8 Å². The van der Waals surface area contributed by atoms with Crippen LogP contribution in [0.4, 0.5) is 0 Å². The monoisotopic (exact) mass is 393 g/mol. The lowest BCUT2D eigenvalue weighted by molar-refractivity contribution is -0.143. The zero-order valence-electron chi connectivity index (χ0n) is 15.0. The molecule has 1 saturated heterocycles. The van der Waals surface area contributed by atoms with Crippen molar-refractivity contribution in [3.05, 3.63) is 34.7 Å². The molecule has 1 aliphatic heterocycles. The number of hydrogen-bond donors (Lipinski definition) is 0. The number of rotatable bonds is 9. The first-order valence-electron chi connectivity index (χ1n) is 8.69. The molecule has 140 valence electrons. The van der Waals surface area contributed by atoms with Crippen molar-refractivity contribution in [2.75, 3.05) is 19.8 Å². The number of benzene rings is 1. The van der Waals surface area contributed by atoms with Gasteiger partial charge in [0.15, 0.2) is 0 Å². The fourth-order valence-corrected chi connectivity index (χ4v) is 3.65. The fraction of sp³-hybridized carbons (Fsp3) is 0.421. The summed E-state index contributed by atoms with van der Waals surface area (Å²) in [7, 11) is 0. The lowest BCUT2D eigenvalue weighted by Gasteiger charge is -2.13. The Kier molecular flexibility index (Phi) is 8.12. The molecule has 0 saturated carbocycles. The van der Waals surface area contributed by atoms with Crippen LogP contribution in [0.15, 0.2) is 29.2 Å². The van der Waals surface area contributed by atoms with Gasteiger partial charge in [-0.2, -0.15) is 0 Å². The highest BCUT2D eigenvalue weighted by Crippen LogP contribution is 2.33. The van der Waals surface area contributed by atoms with Gasteiger partial charge in [-0.1, -0.05) is 43.0 Å². The van der Waals surface area contributed by atoms with Gasteiger partial charge in [-0.25, -0.2) is 0 Å². The van der Waals surface area contributed by atoms with Crippen LogP contribution in [0.3, 0.4) is 0 Å². The second-order valence-corrected chi connectivity index (χ2v) is 7.34. The summed E-state index contributed by atoms with van der Waals surface area (Å²) in [5.41, 5.74) is 0.917. The number of carbonyl (C=O) groups excluding carboxylic acids is 2. The molecule has 1 aliphatic rings. The average molecular weight is 394 g/mol. The third-order valence-corrected chi connectivity index (χ3v) is 4.97. The number of hydrogen-bond acceptors (Lipinski definition) is 6. The topological polar surface area (TPSA) is 55.8 Å². The molecular weight excluding hydrogens is 370 g/mol. The van der Waals surface area contributed by atoms with Crippen LogP contribution in [-0.2, 0) is 14.3 Å². The summed E-state index contributed by atoms with van der Waals surface area (Å²) >= 11 is 6.59. The molecule has 1 heterocycles. The number of amides is 1. The first-order chi connectivity index (χ1) is 12.5. The number of esters is 1. The van der Waals surface area contributed by atoms with Crippen molar-refractivity contribution in [3.63, 3.8) is 0 Å². The van der Waals surface area contributed by atoms with Gasteiger partial charge in [-0.05, 0) is 43.5 Å². The molecule has 0 aliphatic carbocycles. The normalized spacial score (nSPS) is 15.6. The Bertz CT molecular complexity index is 685. The minimum Gasteiger partial charge on any atom is -0.494 e. The van der Waals surface area contributed by atoms with Crippen LogP contribution in [0, 0.1) is 0 Å². The van der Waals surface area contributed by atoms with Crippen molar-refractivity contribution in [3.8, 4) is 5.75 Å². The molecule has 0 N–H and O–H groups in total. The Morgan fingerprint density at radius 1 is 1.27 bits per heavy atom. The van der Waals surface area contributed by atoms with E-state index in [0.29, 0.717) is 35.4 Å². The van der Waals surface area contributed by atoms with Crippen molar-refractivity contribution in [2.24, 2.45) is 0 Å². The molecule has 0 bridgehead atoms. The lowest BCUT2D eigenvalue weighted by atomic mass is 10.2. The van der Waals surface area contributed by atoms with Crippen LogP contribution in [0.2, 0.25) is 0 Å². The molecule has 1 amide bonds. The Morgan fingerprint density at radius 3 is 2.65 bits per heavy atom. The van der Waals surface area contributed by atoms with Gasteiger partial charge >= 0.3 is 5.97 Å². The summed E-state index contributed by atoms with van der Waals surface area (Å²) in [5, 5.41) is 0. The molecule has 2 rings (SSSR count). The minimum atomic E-state index is -0.251. The van der Waals surface area contributed by atoms with Gasteiger partial charge in [0.05, 0.1) is 18.1 Å². The van der Waals surface area contributed by atoms with Crippen molar-refractivity contribution in [1.29, 1.82) is 0 Å². The lowest BCUT2D eigenvalue weighted by Crippen LogP contribution is -2.29. The maximum absolute atomic E-state index is 12.5. The van der Waals surface area contributed by atoms with Gasteiger partial charge in [0.25, 0.3) is 5.91 Å². The second kappa shape index (κ2) is 10.3. The third-order valence-electron chi connectivity index (χ3n) is 3.59. The van der Waals surface area contributed by atoms with Crippen molar-refractivity contribution in [2.45, 2.75) is 33.1 Å². The van der Waals surface area contributed by atoms with E-state index in [1.165, 1.54) is 11.8 Å². The van der Waals surface area contributed by atoms with Gasteiger partial charge < -0.3 is 9.47 Å². The van der Waals surface area contributed by atoms with Crippen LogP contribution in [0.1, 0.15) is 38.7 Å². The molecule has 1 aromatic rings. The first-order valence-corrected chi connectivity index (χ1v) is 9.91. The van der Waals surface area contributed by atoms with Gasteiger partial charge in [-0.3, -0.25) is 14.5 Å². The number of nitrogens with zero attached hydrogens (tertiary/aromatic N) is 1. The van der Waals surface area contributed by atoms with E-state index in [4.69, 9.17) is 21.7 Å². The van der Waals surface area contributed by atoms with Gasteiger partial charge in [-0.15, -0.1) is 0 Å². The fourth-order valence-electron chi connectivity index (χ4n) is 2.34. The minimum absolute atomic E-state index is 0.116. The molecule has 0 spiro atoms. The molecule has 5 nitrogen and oxygen atoms in total. The quantitative estimate of drug-likeness (QED) is 0.359. The van der Waals surface area contributed by atoms with Crippen molar-refractivity contribution < 1.29 is 19.1 Å². The summed E-state index contributed by atoms with van der Waals surface area (Å²) in [6, 6.07) is 7.61. The van der Waals surface area contributed by atoms with E-state index in [2.05, 4.69) is 6.92 Å². The SMILES string of the molecule is CCCOc1ccc(/C=C2\SC(=S)N(CCCC(=O)OCC)C2=O)cc1. The van der Waals surface area contributed by atoms with Crippen molar-refractivity contribution in [1.82, 2.24) is 4.90 Å². The predicted molar refractivity (Wildman–Crippen MR) is 108 cm³/mol. The zero-order valence-corrected chi connectivity index (χ0v) is 16.7. The summed E-state index contributed by atoms with van der Waals surface area (Å²) in [5.74, 6) is 0.449. The molecule has 1 aromatic carbocycles. The highest BCUT2D eigenvalue weighted by molar-refractivity contribution is 8.26. The Morgan fingerprint density at radius 2 is 2.00 bits per heavy atom. The van der Waals surface area contributed by atoms with Crippen LogP contribution in [-0.4, -0.2) is 40.9 Å². The molecule has 26 heavy (non-hydrogen) atoms. The molecule has 0 radical (unpaired) electrons. The average Bonchev–Trinajstić information content (AvgIpc) is 2.89. The van der Waals surface area contributed by atoms with E-state index in [9.17, 15) is 9.59 Å². The van der Waals surface area contributed by atoms with Gasteiger partial charge in [0.1, 0.15) is 10.1 Å². The van der Waals surface area contributed by atoms with Gasteiger partial charge in [0, 0.05) is 13.0 Å². The Hall–Kier alpha value is -1.86. The van der Waals surface area contributed by atoms with Crippen LogP contribution >= 0.6 is 24.0 Å². The summed E-state index contributed by atoms with van der Waals surface area (Å²) in [6.07, 6.45) is 3.60. The van der Waals surface area contributed by atoms with E-state index >= 15 is 0 Å². The molecule has 0 atom stereocenters. The molecule has 1 fully saturated rings. The molecule has 0 unspecified atom stereocenters.